The second-order valence-electron chi connectivity index (χ2n) is 7.61. The highest BCUT2D eigenvalue weighted by Gasteiger charge is 2.29. The van der Waals surface area contributed by atoms with E-state index >= 15 is 0 Å². The molecule has 7 heteroatoms. The topological polar surface area (TPSA) is 113 Å². The summed E-state index contributed by atoms with van der Waals surface area (Å²) in [7, 11) is 0. The van der Waals surface area contributed by atoms with Gasteiger partial charge in [-0.05, 0) is 53.4 Å². The fourth-order valence-electron chi connectivity index (χ4n) is 2.65. The minimum Gasteiger partial charge on any atom is -0.390 e. The second-order valence-corrected chi connectivity index (χ2v) is 7.61. The van der Waals surface area contributed by atoms with E-state index in [1.54, 1.807) is 0 Å². The van der Waals surface area contributed by atoms with Gasteiger partial charge in [-0.3, -0.25) is 4.79 Å². The highest BCUT2D eigenvalue weighted by Crippen LogP contribution is 2.29. The van der Waals surface area contributed by atoms with E-state index in [2.05, 4.69) is 20.6 Å². The maximum atomic E-state index is 11.5. The Morgan fingerprint density at radius 3 is 2.52 bits per heavy atom. The van der Waals surface area contributed by atoms with E-state index in [0.29, 0.717) is 11.8 Å². The lowest BCUT2D eigenvalue weighted by atomic mass is 9.84. The molecule has 7 nitrogen and oxygen atoms in total. The van der Waals surface area contributed by atoms with Gasteiger partial charge in [0.25, 0.3) is 5.91 Å². The van der Waals surface area contributed by atoms with Crippen LogP contribution in [0, 0.1) is 0 Å². The third-order valence-corrected chi connectivity index (χ3v) is 3.94. The first-order valence-electron chi connectivity index (χ1n) is 8.00. The summed E-state index contributed by atoms with van der Waals surface area (Å²) in [5.74, 6) is 0.343. The Bertz CT molecular complexity index is 570. The van der Waals surface area contributed by atoms with Gasteiger partial charge in [-0.1, -0.05) is 0 Å². The largest absolute Gasteiger partial charge is 0.390 e. The number of nitrogens with one attached hydrogen (secondary N) is 2. The van der Waals surface area contributed by atoms with Crippen LogP contribution < -0.4 is 16.4 Å². The van der Waals surface area contributed by atoms with Gasteiger partial charge in [-0.25, -0.2) is 4.98 Å². The summed E-state index contributed by atoms with van der Waals surface area (Å²) in [5.41, 5.74) is 4.84. The molecule has 2 rings (SSSR count). The Kier molecular flexibility index (Phi) is 4.79. The average molecular weight is 321 g/mol. The number of hydrogen-bond donors (Lipinski definition) is 4. The van der Waals surface area contributed by atoms with Gasteiger partial charge in [0, 0.05) is 17.8 Å². The zero-order valence-electron chi connectivity index (χ0n) is 14.3. The van der Waals surface area contributed by atoms with Crippen molar-refractivity contribution >= 4 is 17.7 Å². The normalized spacial score (nSPS) is 25.0. The number of aliphatic hydroxyl groups is 1. The van der Waals surface area contributed by atoms with Crippen molar-refractivity contribution in [3.63, 3.8) is 0 Å². The van der Waals surface area contributed by atoms with Crippen LogP contribution in [0.15, 0.2) is 6.20 Å². The standard InChI is InChI=1S/C16H27N5O2/c1-15(2,3)21-13-11(12(17)22)9-18-14(20-13)19-10-5-7-16(4,23)8-6-10/h9-10,23H,5-8H2,1-4H3,(H2,17,22)(H2,18,19,20,21). The smallest absolute Gasteiger partial charge is 0.254 e. The molecule has 0 aliphatic heterocycles. The van der Waals surface area contributed by atoms with Gasteiger partial charge in [0.15, 0.2) is 0 Å². The summed E-state index contributed by atoms with van der Waals surface area (Å²) in [6.45, 7) is 7.81. The van der Waals surface area contributed by atoms with Crippen LogP contribution in [0.5, 0.6) is 0 Å². The molecule has 1 aromatic heterocycles. The van der Waals surface area contributed by atoms with Crippen molar-refractivity contribution in [1.29, 1.82) is 0 Å². The monoisotopic (exact) mass is 321 g/mol. The summed E-state index contributed by atoms with van der Waals surface area (Å²) in [6.07, 6.45) is 4.66. The highest BCUT2D eigenvalue weighted by molar-refractivity contribution is 5.97. The number of hydrogen-bond acceptors (Lipinski definition) is 6. The first kappa shape index (κ1) is 17.5. The molecule has 0 unspecified atom stereocenters. The number of nitrogens with two attached hydrogens (primary N) is 1. The zero-order chi connectivity index (χ0) is 17.3. The number of nitrogens with zero attached hydrogens (tertiary/aromatic N) is 2. The molecule has 0 saturated heterocycles. The molecule has 1 aliphatic rings. The molecule has 1 aromatic rings. The average Bonchev–Trinajstić information content (AvgIpc) is 2.39. The van der Waals surface area contributed by atoms with Gasteiger partial charge in [-0.2, -0.15) is 4.98 Å². The van der Waals surface area contributed by atoms with Gasteiger partial charge >= 0.3 is 0 Å². The van der Waals surface area contributed by atoms with Crippen molar-refractivity contribution in [3.8, 4) is 0 Å². The molecule has 0 spiro atoms. The maximum absolute atomic E-state index is 11.5. The lowest BCUT2D eigenvalue weighted by molar-refractivity contribution is 0.0195. The van der Waals surface area contributed by atoms with E-state index in [1.165, 1.54) is 6.20 Å². The summed E-state index contributed by atoms with van der Waals surface area (Å²) >= 11 is 0. The molecule has 0 aromatic carbocycles. The van der Waals surface area contributed by atoms with Crippen molar-refractivity contribution in [2.75, 3.05) is 10.6 Å². The molecule has 1 heterocycles. The van der Waals surface area contributed by atoms with Crippen LogP contribution in [-0.2, 0) is 0 Å². The zero-order valence-corrected chi connectivity index (χ0v) is 14.3. The second kappa shape index (κ2) is 6.31. The van der Waals surface area contributed by atoms with Crippen LogP contribution >= 0.6 is 0 Å². The quantitative estimate of drug-likeness (QED) is 0.673. The maximum Gasteiger partial charge on any atom is 0.254 e. The molecular weight excluding hydrogens is 294 g/mol. The number of anilines is 2. The van der Waals surface area contributed by atoms with Crippen LogP contribution in [-0.4, -0.2) is 38.2 Å². The number of aromatic nitrogens is 2. The summed E-state index contributed by atoms with van der Waals surface area (Å²) in [6, 6.07) is 0.220. The van der Waals surface area contributed by atoms with Crippen LogP contribution in [0.3, 0.4) is 0 Å². The number of carbonyl (C=O) groups excluding carboxylic acids is 1. The van der Waals surface area contributed by atoms with Crippen LogP contribution in [0.2, 0.25) is 0 Å². The van der Waals surface area contributed by atoms with Crippen molar-refractivity contribution in [3.05, 3.63) is 11.8 Å². The van der Waals surface area contributed by atoms with Gasteiger partial charge < -0.3 is 21.5 Å². The van der Waals surface area contributed by atoms with E-state index in [0.717, 1.165) is 25.7 Å². The van der Waals surface area contributed by atoms with Gasteiger partial charge in [0.05, 0.1) is 11.2 Å². The highest BCUT2D eigenvalue weighted by atomic mass is 16.3. The minimum absolute atomic E-state index is 0.220. The third kappa shape index (κ3) is 5.06. The molecule has 1 amide bonds. The van der Waals surface area contributed by atoms with Crippen LogP contribution in [0.1, 0.15) is 63.7 Å². The molecule has 1 aliphatic carbocycles. The lowest BCUT2D eigenvalue weighted by Crippen LogP contribution is -2.36. The number of rotatable bonds is 4. The summed E-state index contributed by atoms with van der Waals surface area (Å²) in [5, 5.41) is 16.5. The molecule has 128 valence electrons. The van der Waals surface area contributed by atoms with E-state index in [1.807, 2.05) is 27.7 Å². The van der Waals surface area contributed by atoms with Crippen molar-refractivity contribution in [1.82, 2.24) is 9.97 Å². The summed E-state index contributed by atoms with van der Waals surface area (Å²) < 4.78 is 0. The van der Waals surface area contributed by atoms with E-state index in [4.69, 9.17) is 5.73 Å². The van der Waals surface area contributed by atoms with Crippen molar-refractivity contribution < 1.29 is 9.90 Å². The predicted molar refractivity (Wildman–Crippen MR) is 90.4 cm³/mol. The van der Waals surface area contributed by atoms with E-state index in [-0.39, 0.29) is 17.1 Å². The molecule has 0 atom stereocenters. The first-order chi connectivity index (χ1) is 10.6. The number of primary amides is 1. The van der Waals surface area contributed by atoms with Crippen LogP contribution in [0.4, 0.5) is 11.8 Å². The Labute approximate surface area is 137 Å². The number of amides is 1. The molecule has 0 bridgehead atoms. The van der Waals surface area contributed by atoms with Crippen molar-refractivity contribution in [2.24, 2.45) is 5.73 Å². The Balaban J connectivity index is 2.14. The fraction of sp³-hybridized carbons (Fsp3) is 0.688. The minimum atomic E-state index is -0.576. The van der Waals surface area contributed by atoms with E-state index < -0.39 is 11.5 Å². The van der Waals surface area contributed by atoms with Gasteiger partial charge in [0.1, 0.15) is 5.82 Å². The van der Waals surface area contributed by atoms with Crippen molar-refractivity contribution in [2.45, 2.75) is 70.6 Å². The van der Waals surface area contributed by atoms with E-state index in [9.17, 15) is 9.90 Å². The Hall–Kier alpha value is -1.89. The predicted octanol–water partition coefficient (Wildman–Crippen LogP) is 1.89. The van der Waals surface area contributed by atoms with Crippen LogP contribution in [0.25, 0.3) is 0 Å². The third-order valence-electron chi connectivity index (χ3n) is 3.94. The molecule has 23 heavy (non-hydrogen) atoms. The van der Waals surface area contributed by atoms with Gasteiger partial charge in [-0.15, -0.1) is 0 Å². The molecular formula is C16H27N5O2. The molecule has 0 radical (unpaired) electrons. The molecule has 1 saturated carbocycles. The summed E-state index contributed by atoms with van der Waals surface area (Å²) in [4.78, 5) is 20.1. The lowest BCUT2D eigenvalue weighted by Gasteiger charge is -2.33. The Morgan fingerprint density at radius 1 is 1.39 bits per heavy atom. The van der Waals surface area contributed by atoms with Gasteiger partial charge in [0.2, 0.25) is 5.95 Å². The Morgan fingerprint density at radius 2 is 2.00 bits per heavy atom. The fourth-order valence-corrected chi connectivity index (χ4v) is 2.65. The number of carbonyl (C=O) groups is 1. The molecule has 1 fully saturated rings. The SMILES string of the molecule is CC1(O)CCC(Nc2ncc(C(N)=O)c(NC(C)(C)C)n2)CC1. The molecule has 5 N–H and O–H groups in total. The first-order valence-corrected chi connectivity index (χ1v) is 8.00.